The van der Waals surface area contributed by atoms with Crippen LogP contribution in [-0.2, 0) is 19.1 Å². The predicted molar refractivity (Wildman–Crippen MR) is 76.3 cm³/mol. The number of likely N-dealkylation sites (tertiary alicyclic amines) is 2. The Balaban J connectivity index is 1.91. The molecule has 2 unspecified atom stereocenters. The second-order valence-corrected chi connectivity index (χ2v) is 6.03. The van der Waals surface area contributed by atoms with E-state index in [9.17, 15) is 14.4 Å². The summed E-state index contributed by atoms with van der Waals surface area (Å²) in [5.74, 6) is -0.412. The molecule has 0 radical (unpaired) electrons. The van der Waals surface area contributed by atoms with Crippen molar-refractivity contribution >= 4 is 17.8 Å². The summed E-state index contributed by atoms with van der Waals surface area (Å²) in [6.07, 6.45) is 3.45. The molecule has 2 fully saturated rings. The maximum atomic E-state index is 12.4. The molecule has 2 aliphatic rings. The molecule has 0 aromatic carbocycles. The highest BCUT2D eigenvalue weighted by Gasteiger charge is 2.38. The van der Waals surface area contributed by atoms with Gasteiger partial charge in [0.2, 0.25) is 11.8 Å². The highest BCUT2D eigenvalue weighted by Crippen LogP contribution is 2.24. The number of methoxy groups -OCH3 is 1. The van der Waals surface area contributed by atoms with Crippen molar-refractivity contribution in [3.8, 4) is 0 Å². The van der Waals surface area contributed by atoms with Crippen LogP contribution < -0.4 is 0 Å². The Morgan fingerprint density at radius 3 is 2.71 bits per heavy atom. The van der Waals surface area contributed by atoms with Gasteiger partial charge in [0.15, 0.2) is 0 Å². The van der Waals surface area contributed by atoms with Gasteiger partial charge in [-0.3, -0.25) is 14.4 Å². The van der Waals surface area contributed by atoms with Crippen LogP contribution in [0.4, 0.5) is 0 Å². The van der Waals surface area contributed by atoms with E-state index in [0.717, 1.165) is 19.3 Å². The van der Waals surface area contributed by atoms with E-state index >= 15 is 0 Å². The SMILES string of the molecule is COC(=O)C1CN(C(=O)CN2CCCCCC2=O)CC1C. The molecule has 0 saturated carbocycles. The van der Waals surface area contributed by atoms with Crippen LogP contribution in [0.5, 0.6) is 0 Å². The highest BCUT2D eigenvalue weighted by molar-refractivity contribution is 5.86. The van der Waals surface area contributed by atoms with Gasteiger partial charge in [0.25, 0.3) is 0 Å². The van der Waals surface area contributed by atoms with Gasteiger partial charge in [-0.05, 0) is 18.8 Å². The fourth-order valence-electron chi connectivity index (χ4n) is 3.10. The number of carbonyl (C=O) groups is 3. The Bertz CT molecular complexity index is 424. The van der Waals surface area contributed by atoms with E-state index in [1.54, 1.807) is 9.80 Å². The molecule has 0 N–H and O–H groups in total. The molecule has 21 heavy (non-hydrogen) atoms. The molecule has 2 atom stereocenters. The minimum Gasteiger partial charge on any atom is -0.469 e. The van der Waals surface area contributed by atoms with E-state index in [2.05, 4.69) is 0 Å². The van der Waals surface area contributed by atoms with Crippen LogP contribution in [-0.4, -0.2) is 60.9 Å². The zero-order valence-corrected chi connectivity index (χ0v) is 12.8. The standard InChI is InChI=1S/C15H24N2O4/c1-11-8-17(9-12(11)15(20)21-2)14(19)10-16-7-5-3-4-6-13(16)18/h11-12H,3-10H2,1-2H3. The lowest BCUT2D eigenvalue weighted by Gasteiger charge is -2.23. The van der Waals surface area contributed by atoms with Gasteiger partial charge in [-0.25, -0.2) is 0 Å². The van der Waals surface area contributed by atoms with E-state index < -0.39 is 0 Å². The van der Waals surface area contributed by atoms with Crippen LogP contribution in [0.1, 0.15) is 32.6 Å². The number of nitrogens with zero attached hydrogens (tertiary/aromatic N) is 2. The first-order valence-corrected chi connectivity index (χ1v) is 7.66. The van der Waals surface area contributed by atoms with E-state index in [4.69, 9.17) is 4.74 Å². The molecular formula is C15H24N2O4. The van der Waals surface area contributed by atoms with Crippen molar-refractivity contribution in [2.45, 2.75) is 32.6 Å². The zero-order chi connectivity index (χ0) is 15.4. The summed E-state index contributed by atoms with van der Waals surface area (Å²) in [6.45, 7) is 3.70. The van der Waals surface area contributed by atoms with Crippen molar-refractivity contribution < 1.29 is 19.1 Å². The molecule has 118 valence electrons. The quantitative estimate of drug-likeness (QED) is 0.717. The minimum absolute atomic E-state index is 0.0662. The molecule has 6 heteroatoms. The van der Waals surface area contributed by atoms with E-state index in [1.165, 1.54) is 7.11 Å². The highest BCUT2D eigenvalue weighted by atomic mass is 16.5. The number of hydrogen-bond acceptors (Lipinski definition) is 4. The fraction of sp³-hybridized carbons (Fsp3) is 0.800. The van der Waals surface area contributed by atoms with Crippen molar-refractivity contribution in [1.82, 2.24) is 9.80 Å². The van der Waals surface area contributed by atoms with E-state index in [0.29, 0.717) is 26.1 Å². The number of amides is 2. The van der Waals surface area contributed by atoms with Crippen LogP contribution >= 0.6 is 0 Å². The number of rotatable bonds is 3. The van der Waals surface area contributed by atoms with Gasteiger partial charge < -0.3 is 14.5 Å². The number of ether oxygens (including phenoxy) is 1. The van der Waals surface area contributed by atoms with Crippen molar-refractivity contribution in [1.29, 1.82) is 0 Å². The second kappa shape index (κ2) is 6.91. The average molecular weight is 296 g/mol. The zero-order valence-electron chi connectivity index (χ0n) is 12.8. The lowest BCUT2D eigenvalue weighted by Crippen LogP contribution is -2.42. The maximum absolute atomic E-state index is 12.4. The van der Waals surface area contributed by atoms with Gasteiger partial charge in [0, 0.05) is 26.1 Å². The molecule has 2 amide bonds. The van der Waals surface area contributed by atoms with Gasteiger partial charge in [-0.2, -0.15) is 0 Å². The molecule has 0 bridgehead atoms. The summed E-state index contributed by atoms with van der Waals surface area (Å²) in [7, 11) is 1.37. The van der Waals surface area contributed by atoms with Crippen molar-refractivity contribution in [2.24, 2.45) is 11.8 Å². The third-order valence-electron chi connectivity index (χ3n) is 4.47. The lowest BCUT2D eigenvalue weighted by molar-refractivity contribution is -0.146. The van der Waals surface area contributed by atoms with Gasteiger partial charge >= 0.3 is 5.97 Å². The third kappa shape index (κ3) is 3.74. The topological polar surface area (TPSA) is 66.9 Å². The summed E-state index contributed by atoms with van der Waals surface area (Å²) < 4.78 is 4.77. The second-order valence-electron chi connectivity index (χ2n) is 6.03. The van der Waals surface area contributed by atoms with E-state index in [1.807, 2.05) is 6.92 Å². The van der Waals surface area contributed by atoms with Gasteiger partial charge in [0.05, 0.1) is 19.6 Å². The molecule has 0 aromatic rings. The monoisotopic (exact) mass is 296 g/mol. The third-order valence-corrected chi connectivity index (χ3v) is 4.47. The Hall–Kier alpha value is -1.59. The molecule has 0 spiro atoms. The lowest BCUT2D eigenvalue weighted by atomic mass is 9.99. The smallest absolute Gasteiger partial charge is 0.310 e. The van der Waals surface area contributed by atoms with Crippen molar-refractivity contribution in [3.63, 3.8) is 0 Å². The molecule has 2 aliphatic heterocycles. The summed E-state index contributed by atoms with van der Waals surface area (Å²) in [4.78, 5) is 39.3. The largest absolute Gasteiger partial charge is 0.469 e. The first-order valence-electron chi connectivity index (χ1n) is 7.66. The molecule has 2 rings (SSSR count). The van der Waals surface area contributed by atoms with Gasteiger partial charge in [-0.15, -0.1) is 0 Å². The van der Waals surface area contributed by atoms with Crippen LogP contribution in [0.25, 0.3) is 0 Å². The summed E-state index contributed by atoms with van der Waals surface area (Å²) in [5, 5.41) is 0. The number of esters is 1. The summed E-state index contributed by atoms with van der Waals surface area (Å²) in [5.41, 5.74) is 0. The van der Waals surface area contributed by atoms with Crippen LogP contribution in [0.15, 0.2) is 0 Å². The molecule has 0 aliphatic carbocycles. The maximum Gasteiger partial charge on any atom is 0.310 e. The summed E-state index contributed by atoms with van der Waals surface area (Å²) in [6, 6.07) is 0. The Morgan fingerprint density at radius 1 is 1.24 bits per heavy atom. The van der Waals surface area contributed by atoms with Crippen LogP contribution in [0.3, 0.4) is 0 Å². The minimum atomic E-state index is -0.261. The first-order chi connectivity index (χ1) is 10.0. The number of carbonyl (C=O) groups excluding carboxylic acids is 3. The number of hydrogen-bond donors (Lipinski definition) is 0. The molecule has 0 aromatic heterocycles. The van der Waals surface area contributed by atoms with Crippen molar-refractivity contribution in [3.05, 3.63) is 0 Å². The molecule has 2 saturated heterocycles. The molecule has 2 heterocycles. The predicted octanol–water partition coefficient (Wildman–Crippen LogP) is 0.656. The first kappa shape index (κ1) is 15.8. The van der Waals surface area contributed by atoms with Gasteiger partial charge in [0.1, 0.15) is 0 Å². The summed E-state index contributed by atoms with van der Waals surface area (Å²) >= 11 is 0. The Labute approximate surface area is 125 Å². The molecule has 6 nitrogen and oxygen atoms in total. The van der Waals surface area contributed by atoms with Crippen LogP contribution in [0, 0.1) is 11.8 Å². The van der Waals surface area contributed by atoms with Gasteiger partial charge in [-0.1, -0.05) is 13.3 Å². The molecular weight excluding hydrogens is 272 g/mol. The van der Waals surface area contributed by atoms with Crippen molar-refractivity contribution in [2.75, 3.05) is 33.3 Å². The Kier molecular flexibility index (Phi) is 5.20. The van der Waals surface area contributed by atoms with E-state index in [-0.39, 0.29) is 36.2 Å². The van der Waals surface area contributed by atoms with Crippen LogP contribution in [0.2, 0.25) is 0 Å². The Morgan fingerprint density at radius 2 is 2.00 bits per heavy atom. The fourth-order valence-corrected chi connectivity index (χ4v) is 3.10. The normalized spacial score (nSPS) is 26.7. The average Bonchev–Trinajstić information content (AvgIpc) is 2.75.